The van der Waals surface area contributed by atoms with Crippen molar-refractivity contribution in [3.63, 3.8) is 0 Å². The van der Waals surface area contributed by atoms with Gasteiger partial charge in [0.15, 0.2) is 0 Å². The van der Waals surface area contributed by atoms with Gasteiger partial charge in [-0.1, -0.05) is 81.3 Å². The molecule has 0 unspecified atom stereocenters. The lowest BCUT2D eigenvalue weighted by Crippen LogP contribution is -2.12. The van der Waals surface area contributed by atoms with Crippen LogP contribution in [-0.2, 0) is 19.3 Å². The van der Waals surface area contributed by atoms with Crippen molar-refractivity contribution < 1.29 is 4.39 Å². The first kappa shape index (κ1) is 21.1. The second kappa shape index (κ2) is 9.77. The Bertz CT molecular complexity index is 962. The van der Waals surface area contributed by atoms with E-state index in [2.05, 4.69) is 56.3 Å². The number of hydrogen-bond acceptors (Lipinski definition) is 0. The molecule has 0 atom stereocenters. The van der Waals surface area contributed by atoms with Crippen LogP contribution in [0.15, 0.2) is 54.6 Å². The van der Waals surface area contributed by atoms with E-state index in [1.165, 1.54) is 48.8 Å². The van der Waals surface area contributed by atoms with E-state index in [-0.39, 0.29) is 5.82 Å². The Morgan fingerprint density at radius 2 is 1.47 bits per heavy atom. The van der Waals surface area contributed by atoms with Gasteiger partial charge in [0.25, 0.3) is 0 Å². The van der Waals surface area contributed by atoms with E-state index in [9.17, 15) is 4.39 Å². The van der Waals surface area contributed by atoms with Crippen LogP contribution in [0.1, 0.15) is 80.5 Å². The van der Waals surface area contributed by atoms with E-state index in [0.29, 0.717) is 0 Å². The van der Waals surface area contributed by atoms with Crippen molar-refractivity contribution in [2.24, 2.45) is 5.92 Å². The molecule has 0 aromatic heterocycles. The molecule has 1 heteroatoms. The van der Waals surface area contributed by atoms with Gasteiger partial charge in [-0.05, 0) is 84.4 Å². The van der Waals surface area contributed by atoms with Crippen molar-refractivity contribution in [2.45, 2.75) is 77.6 Å². The fourth-order valence-corrected chi connectivity index (χ4v) is 5.15. The summed E-state index contributed by atoms with van der Waals surface area (Å²) >= 11 is 0. The molecule has 0 saturated heterocycles. The lowest BCUT2D eigenvalue weighted by molar-refractivity contribution is 0.319. The number of rotatable bonds is 7. The number of aryl methyl sites for hydroxylation is 3. The van der Waals surface area contributed by atoms with Crippen LogP contribution in [-0.4, -0.2) is 0 Å². The van der Waals surface area contributed by atoms with Crippen LogP contribution in [0, 0.1) is 11.7 Å². The summed E-state index contributed by atoms with van der Waals surface area (Å²) in [7, 11) is 0. The second-order valence-corrected chi connectivity index (χ2v) is 9.21. The molecule has 0 radical (unpaired) electrons. The molecule has 3 aromatic carbocycles. The van der Waals surface area contributed by atoms with E-state index < -0.39 is 0 Å². The summed E-state index contributed by atoms with van der Waals surface area (Å²) in [6, 6.07) is 19.6. The first-order chi connectivity index (χ1) is 14.7. The minimum absolute atomic E-state index is 0.0375. The number of benzene rings is 3. The quantitative estimate of drug-likeness (QED) is 0.372. The summed E-state index contributed by atoms with van der Waals surface area (Å²) in [6.45, 7) is 4.42. The van der Waals surface area contributed by atoms with Crippen LogP contribution < -0.4 is 0 Å². The van der Waals surface area contributed by atoms with Gasteiger partial charge in [0.2, 0.25) is 0 Å². The highest BCUT2D eigenvalue weighted by Gasteiger charge is 2.21. The zero-order valence-corrected chi connectivity index (χ0v) is 18.6. The van der Waals surface area contributed by atoms with Crippen LogP contribution in [0.3, 0.4) is 0 Å². The van der Waals surface area contributed by atoms with Gasteiger partial charge in [0.1, 0.15) is 5.82 Å². The predicted molar refractivity (Wildman–Crippen MR) is 127 cm³/mol. The zero-order chi connectivity index (χ0) is 20.9. The molecule has 1 aliphatic rings. The monoisotopic (exact) mass is 402 g/mol. The smallest absolute Gasteiger partial charge is 0.134 e. The van der Waals surface area contributed by atoms with Gasteiger partial charge in [-0.25, -0.2) is 4.39 Å². The number of hydrogen-bond donors (Lipinski definition) is 0. The summed E-state index contributed by atoms with van der Waals surface area (Å²) in [5.74, 6) is 1.67. The molecule has 158 valence electrons. The maximum Gasteiger partial charge on any atom is 0.134 e. The molecule has 1 saturated carbocycles. The van der Waals surface area contributed by atoms with Gasteiger partial charge >= 0.3 is 0 Å². The molecule has 3 aromatic rings. The molecule has 0 nitrogen and oxygen atoms in total. The highest BCUT2D eigenvalue weighted by molar-refractivity contribution is 5.84. The third kappa shape index (κ3) is 4.77. The Labute approximate surface area is 181 Å². The van der Waals surface area contributed by atoms with Gasteiger partial charge in [-0.2, -0.15) is 0 Å². The first-order valence-electron chi connectivity index (χ1n) is 12.0. The fourth-order valence-electron chi connectivity index (χ4n) is 5.15. The van der Waals surface area contributed by atoms with Gasteiger partial charge < -0.3 is 0 Å². The first-order valence-corrected chi connectivity index (χ1v) is 12.0. The average Bonchev–Trinajstić information content (AvgIpc) is 2.80. The minimum Gasteiger partial charge on any atom is -0.206 e. The zero-order valence-electron chi connectivity index (χ0n) is 18.6. The molecule has 30 heavy (non-hydrogen) atoms. The van der Waals surface area contributed by atoms with Crippen LogP contribution >= 0.6 is 0 Å². The van der Waals surface area contributed by atoms with E-state index in [4.69, 9.17) is 0 Å². The summed E-state index contributed by atoms with van der Waals surface area (Å²) in [5.41, 5.74) is 5.04. The van der Waals surface area contributed by atoms with E-state index in [1.807, 2.05) is 12.1 Å². The normalized spacial score (nSPS) is 19.3. The van der Waals surface area contributed by atoms with Gasteiger partial charge in [0.05, 0.1) is 0 Å². The Morgan fingerprint density at radius 1 is 0.767 bits per heavy atom. The van der Waals surface area contributed by atoms with Crippen molar-refractivity contribution >= 4 is 10.8 Å². The third-order valence-electron chi connectivity index (χ3n) is 7.20. The van der Waals surface area contributed by atoms with Gasteiger partial charge in [-0.3, -0.25) is 0 Å². The largest absolute Gasteiger partial charge is 0.206 e. The Hall–Kier alpha value is -2.15. The molecule has 0 amide bonds. The van der Waals surface area contributed by atoms with E-state index >= 15 is 0 Å². The lowest BCUT2D eigenvalue weighted by atomic mass is 9.78. The SMILES string of the molecule is CCCc1ccc2cc(CCc3ccc(C4CCC(CC)CC4)cc3)ccc2c1F. The Morgan fingerprint density at radius 3 is 2.17 bits per heavy atom. The number of fused-ring (bicyclic) bond motifs is 1. The number of halogens is 1. The van der Waals surface area contributed by atoms with Crippen molar-refractivity contribution in [1.82, 2.24) is 0 Å². The molecule has 1 fully saturated rings. The highest BCUT2D eigenvalue weighted by atomic mass is 19.1. The lowest BCUT2D eigenvalue weighted by Gasteiger charge is -2.28. The molecular formula is C29H35F. The predicted octanol–water partition coefficient (Wildman–Crippen LogP) is 8.40. The Balaban J connectivity index is 1.38. The van der Waals surface area contributed by atoms with Crippen LogP contribution in [0.5, 0.6) is 0 Å². The van der Waals surface area contributed by atoms with Crippen molar-refractivity contribution in [3.05, 3.63) is 82.7 Å². The van der Waals surface area contributed by atoms with E-state index in [0.717, 1.165) is 53.9 Å². The molecule has 4 rings (SSSR count). The molecule has 0 aliphatic heterocycles. The van der Waals surface area contributed by atoms with Crippen molar-refractivity contribution in [3.8, 4) is 0 Å². The summed E-state index contributed by atoms with van der Waals surface area (Å²) in [6.07, 6.45) is 10.6. The summed E-state index contributed by atoms with van der Waals surface area (Å²) < 4.78 is 14.7. The molecule has 0 spiro atoms. The Kier molecular flexibility index (Phi) is 6.87. The molecular weight excluding hydrogens is 367 g/mol. The standard InChI is InChI=1S/C29H35F/c1-3-5-26-17-18-27-20-23(12-19-28(27)29(26)30)7-6-22-10-15-25(16-11-22)24-13-8-21(4-2)9-14-24/h10-12,15-21,24H,3-9,13-14H2,1-2H3. The van der Waals surface area contributed by atoms with Crippen molar-refractivity contribution in [2.75, 3.05) is 0 Å². The molecule has 0 bridgehead atoms. The highest BCUT2D eigenvalue weighted by Crippen LogP contribution is 2.37. The van der Waals surface area contributed by atoms with Gasteiger partial charge in [-0.15, -0.1) is 0 Å². The fraction of sp³-hybridized carbons (Fsp3) is 0.448. The molecule has 1 aliphatic carbocycles. The molecule has 0 N–H and O–H groups in total. The maximum absolute atomic E-state index is 14.7. The summed E-state index contributed by atoms with van der Waals surface area (Å²) in [4.78, 5) is 0. The minimum atomic E-state index is -0.0375. The second-order valence-electron chi connectivity index (χ2n) is 9.21. The maximum atomic E-state index is 14.7. The topological polar surface area (TPSA) is 0 Å². The van der Waals surface area contributed by atoms with Crippen LogP contribution in [0.4, 0.5) is 4.39 Å². The van der Waals surface area contributed by atoms with Crippen molar-refractivity contribution in [1.29, 1.82) is 0 Å². The third-order valence-corrected chi connectivity index (χ3v) is 7.20. The summed E-state index contributed by atoms with van der Waals surface area (Å²) in [5, 5.41) is 1.77. The van der Waals surface area contributed by atoms with Crippen LogP contribution in [0.2, 0.25) is 0 Å². The van der Waals surface area contributed by atoms with Crippen LogP contribution in [0.25, 0.3) is 10.8 Å². The average molecular weight is 403 g/mol. The van der Waals surface area contributed by atoms with E-state index in [1.54, 1.807) is 0 Å². The molecule has 0 heterocycles. The van der Waals surface area contributed by atoms with Gasteiger partial charge in [0, 0.05) is 5.39 Å².